The van der Waals surface area contributed by atoms with E-state index in [0.29, 0.717) is 28.0 Å². The predicted molar refractivity (Wildman–Crippen MR) is 104 cm³/mol. The Bertz CT molecular complexity index is 959. The molecule has 8 heteroatoms. The number of carbonyl (C=O) groups excluding carboxylic acids is 1. The standard InChI is InChI=1S/C21H26O8/c1-11(2)8-15(23)27-10-21(3,24)20-19(29-20)16-17-12(6-7-14(22)28-17)9-13(25-4)18(16)26-5/h6-7,9,11,19-20,24H,8,10H2,1-5H3. The van der Waals surface area contributed by atoms with Gasteiger partial charge in [-0.25, -0.2) is 4.79 Å². The van der Waals surface area contributed by atoms with Crippen LogP contribution in [0.1, 0.15) is 38.9 Å². The highest BCUT2D eigenvalue weighted by Gasteiger charge is 2.55. The molecule has 1 aromatic carbocycles. The maximum atomic E-state index is 11.8. The fourth-order valence-corrected chi connectivity index (χ4v) is 3.32. The molecule has 3 unspecified atom stereocenters. The molecule has 1 aliphatic heterocycles. The Morgan fingerprint density at radius 1 is 1.28 bits per heavy atom. The van der Waals surface area contributed by atoms with Gasteiger partial charge in [0.05, 0.1) is 19.8 Å². The molecule has 1 N–H and O–H groups in total. The lowest BCUT2D eigenvalue weighted by Gasteiger charge is -2.21. The number of benzene rings is 1. The summed E-state index contributed by atoms with van der Waals surface area (Å²) in [6.45, 7) is 5.14. The average molecular weight is 406 g/mol. The summed E-state index contributed by atoms with van der Waals surface area (Å²) >= 11 is 0. The summed E-state index contributed by atoms with van der Waals surface area (Å²) in [5.41, 5.74) is -1.18. The van der Waals surface area contributed by atoms with Crippen molar-refractivity contribution in [1.29, 1.82) is 0 Å². The molecular weight excluding hydrogens is 380 g/mol. The van der Waals surface area contributed by atoms with Crippen molar-refractivity contribution in [2.75, 3.05) is 20.8 Å². The Hall–Kier alpha value is -2.58. The lowest BCUT2D eigenvalue weighted by atomic mass is 9.95. The van der Waals surface area contributed by atoms with Gasteiger partial charge in [0.25, 0.3) is 0 Å². The summed E-state index contributed by atoms with van der Waals surface area (Å²) in [7, 11) is 2.97. The van der Waals surface area contributed by atoms with E-state index in [4.69, 9.17) is 23.4 Å². The van der Waals surface area contributed by atoms with E-state index in [2.05, 4.69) is 0 Å². The number of methoxy groups -OCH3 is 2. The van der Waals surface area contributed by atoms with Crippen molar-refractivity contribution in [2.45, 2.75) is 45.0 Å². The number of hydrogen-bond donors (Lipinski definition) is 1. The molecule has 8 nitrogen and oxygen atoms in total. The molecule has 0 spiro atoms. The normalized spacial score (nSPS) is 20.4. The molecule has 3 atom stereocenters. The van der Waals surface area contributed by atoms with Gasteiger partial charge in [-0.15, -0.1) is 0 Å². The van der Waals surface area contributed by atoms with E-state index in [9.17, 15) is 14.7 Å². The van der Waals surface area contributed by atoms with Crippen molar-refractivity contribution >= 4 is 16.9 Å². The second-order valence-corrected chi connectivity index (χ2v) is 7.79. The van der Waals surface area contributed by atoms with Crippen molar-refractivity contribution < 1.29 is 33.3 Å². The minimum absolute atomic E-state index is 0.160. The van der Waals surface area contributed by atoms with Gasteiger partial charge in [0.2, 0.25) is 0 Å². The van der Waals surface area contributed by atoms with E-state index in [1.165, 1.54) is 27.2 Å². The summed E-state index contributed by atoms with van der Waals surface area (Å²) in [6, 6.07) is 4.63. The zero-order valence-corrected chi connectivity index (χ0v) is 17.2. The van der Waals surface area contributed by atoms with Crippen LogP contribution in [0.2, 0.25) is 0 Å². The fourth-order valence-electron chi connectivity index (χ4n) is 3.32. The maximum absolute atomic E-state index is 11.8. The Morgan fingerprint density at radius 2 is 2.00 bits per heavy atom. The van der Waals surface area contributed by atoms with E-state index < -0.39 is 23.4 Å². The first kappa shape index (κ1) is 21.1. The Balaban J connectivity index is 1.91. The molecular formula is C21H26O8. The molecule has 1 aromatic heterocycles. The van der Waals surface area contributed by atoms with Crippen molar-refractivity contribution in [3.05, 3.63) is 34.2 Å². The van der Waals surface area contributed by atoms with Gasteiger partial charge >= 0.3 is 11.6 Å². The topological polar surface area (TPSA) is 108 Å². The van der Waals surface area contributed by atoms with Crippen LogP contribution in [0.4, 0.5) is 0 Å². The van der Waals surface area contributed by atoms with Crippen LogP contribution >= 0.6 is 0 Å². The molecule has 1 aliphatic rings. The number of esters is 1. The largest absolute Gasteiger partial charge is 0.493 e. The lowest BCUT2D eigenvalue weighted by Crippen LogP contribution is -2.38. The molecule has 1 saturated heterocycles. The molecule has 0 bridgehead atoms. The van der Waals surface area contributed by atoms with Gasteiger partial charge in [-0.3, -0.25) is 4.79 Å². The zero-order valence-electron chi connectivity index (χ0n) is 17.2. The third-order valence-electron chi connectivity index (χ3n) is 4.78. The molecule has 1 fully saturated rings. The second-order valence-electron chi connectivity index (χ2n) is 7.79. The van der Waals surface area contributed by atoms with Crippen LogP contribution in [0.5, 0.6) is 11.5 Å². The number of hydrogen-bond acceptors (Lipinski definition) is 8. The molecule has 2 heterocycles. The number of fused-ring (bicyclic) bond motifs is 1. The second kappa shape index (κ2) is 8.04. The first-order valence-corrected chi connectivity index (χ1v) is 9.40. The average Bonchev–Trinajstić information content (AvgIpc) is 3.45. The van der Waals surface area contributed by atoms with E-state index >= 15 is 0 Å². The maximum Gasteiger partial charge on any atom is 0.336 e. The van der Waals surface area contributed by atoms with E-state index in [1.54, 1.807) is 12.1 Å². The SMILES string of the molecule is COc1cc2ccc(=O)oc2c(C2OC2C(C)(O)COC(=O)CC(C)C)c1OC. The van der Waals surface area contributed by atoms with Crippen LogP contribution in [-0.4, -0.2) is 43.6 Å². The Morgan fingerprint density at radius 3 is 2.62 bits per heavy atom. The summed E-state index contributed by atoms with van der Waals surface area (Å²) in [6.07, 6.45) is -1.03. The third kappa shape index (κ3) is 4.38. The minimum Gasteiger partial charge on any atom is -0.493 e. The Labute approximate surface area is 168 Å². The number of ether oxygens (including phenoxy) is 4. The number of rotatable bonds is 8. The van der Waals surface area contributed by atoms with Gasteiger partial charge < -0.3 is 28.5 Å². The highest BCUT2D eigenvalue weighted by atomic mass is 16.6. The molecule has 2 aromatic rings. The smallest absolute Gasteiger partial charge is 0.336 e. The van der Waals surface area contributed by atoms with Crippen LogP contribution < -0.4 is 15.1 Å². The quantitative estimate of drug-likeness (QED) is 0.405. The summed E-state index contributed by atoms with van der Waals surface area (Å²) in [4.78, 5) is 23.6. The highest BCUT2D eigenvalue weighted by Crippen LogP contribution is 2.52. The van der Waals surface area contributed by atoms with Crippen molar-refractivity contribution in [3.63, 3.8) is 0 Å². The minimum atomic E-state index is -1.44. The summed E-state index contributed by atoms with van der Waals surface area (Å²) < 4.78 is 27.2. The van der Waals surface area contributed by atoms with E-state index in [1.807, 2.05) is 13.8 Å². The van der Waals surface area contributed by atoms with Gasteiger partial charge in [0.1, 0.15) is 30.0 Å². The van der Waals surface area contributed by atoms with Gasteiger partial charge in [-0.05, 0) is 25.0 Å². The number of aliphatic hydroxyl groups is 1. The lowest BCUT2D eigenvalue weighted by molar-refractivity contribution is -0.152. The first-order chi connectivity index (χ1) is 13.7. The van der Waals surface area contributed by atoms with Gasteiger partial charge in [0.15, 0.2) is 11.5 Å². The van der Waals surface area contributed by atoms with Crippen LogP contribution in [-0.2, 0) is 14.3 Å². The van der Waals surface area contributed by atoms with Gasteiger partial charge in [-0.1, -0.05) is 13.8 Å². The Kier molecular flexibility index (Phi) is 5.86. The number of carbonyl (C=O) groups is 1. The first-order valence-electron chi connectivity index (χ1n) is 9.40. The molecule has 29 heavy (non-hydrogen) atoms. The van der Waals surface area contributed by atoms with Crippen molar-refractivity contribution in [3.8, 4) is 11.5 Å². The van der Waals surface area contributed by atoms with E-state index in [-0.39, 0.29) is 24.9 Å². The summed E-state index contributed by atoms with van der Waals surface area (Å²) in [5, 5.41) is 11.5. The third-order valence-corrected chi connectivity index (χ3v) is 4.78. The predicted octanol–water partition coefficient (Wildman–Crippen LogP) is 2.59. The van der Waals surface area contributed by atoms with Crippen LogP contribution in [0.15, 0.2) is 27.4 Å². The zero-order chi connectivity index (χ0) is 21.3. The van der Waals surface area contributed by atoms with Gasteiger partial charge in [-0.2, -0.15) is 0 Å². The van der Waals surface area contributed by atoms with Crippen LogP contribution in [0, 0.1) is 5.92 Å². The molecule has 0 radical (unpaired) electrons. The van der Waals surface area contributed by atoms with Crippen LogP contribution in [0.25, 0.3) is 11.0 Å². The molecule has 0 amide bonds. The van der Waals surface area contributed by atoms with Crippen molar-refractivity contribution in [1.82, 2.24) is 0 Å². The van der Waals surface area contributed by atoms with Crippen LogP contribution in [0.3, 0.4) is 0 Å². The summed E-state index contributed by atoms with van der Waals surface area (Å²) in [5.74, 6) is 0.580. The monoisotopic (exact) mass is 406 g/mol. The molecule has 3 rings (SSSR count). The van der Waals surface area contributed by atoms with Crippen molar-refractivity contribution in [2.24, 2.45) is 5.92 Å². The highest BCUT2D eigenvalue weighted by molar-refractivity contribution is 5.86. The number of epoxide rings is 1. The van der Waals surface area contributed by atoms with Gasteiger partial charge in [0, 0.05) is 17.9 Å². The molecule has 0 aliphatic carbocycles. The molecule has 0 saturated carbocycles. The van der Waals surface area contributed by atoms with E-state index in [0.717, 1.165) is 0 Å². The molecule has 158 valence electrons. The fraction of sp³-hybridized carbons (Fsp3) is 0.524.